The van der Waals surface area contributed by atoms with Gasteiger partial charge in [0.05, 0.1) is 71.9 Å². The minimum Gasteiger partial charge on any atom is -0.507 e. The van der Waals surface area contributed by atoms with Gasteiger partial charge < -0.3 is 58.3 Å². The Morgan fingerprint density at radius 2 is 0.425 bits per heavy atom. The van der Waals surface area contributed by atoms with Gasteiger partial charge in [-0.25, -0.2) is 0 Å². The standard InChI is InChI=1S/C60H48N8O12/c69-57-33-9-35-15-50(66-62-46-2-6-54-42(22-46)26-74-30-78-54)17-37(58(35)70)11-39-19-52(68-64-48-4-8-56-44(24-48)28-76-32-80-56)20-40(60(39)72)12-38-18-51(67-63-47-3-7-55-43(23-47)27-75-31-79-55)16-36(59(38)71)10-34(57)14-49(13-33)65-61-45-1-5-53-41(21-45)25-73-29-77-53/h1-8,13-24,69-72H,9-12,25-32H2. The fourth-order valence-electron chi connectivity index (χ4n) is 10.1. The van der Waals surface area contributed by atoms with Gasteiger partial charge in [-0.2, -0.15) is 40.9 Å². The molecule has 8 aromatic carbocycles. The number of ether oxygens (including phenoxy) is 8. The number of phenols is 4. The van der Waals surface area contributed by atoms with Crippen molar-refractivity contribution in [1.29, 1.82) is 0 Å². The topological polar surface area (TPSA) is 254 Å². The van der Waals surface area contributed by atoms with Gasteiger partial charge in [0.25, 0.3) is 0 Å². The Morgan fingerprint density at radius 1 is 0.237 bits per heavy atom. The van der Waals surface area contributed by atoms with Gasteiger partial charge in [-0.05, 0) is 121 Å². The highest BCUT2D eigenvalue weighted by molar-refractivity contribution is 5.65. The second-order valence-corrected chi connectivity index (χ2v) is 19.6. The largest absolute Gasteiger partial charge is 0.507 e. The third-order valence-corrected chi connectivity index (χ3v) is 14.1. The molecule has 8 aromatic rings. The number of fused-ring (bicyclic) bond motifs is 12. The highest BCUT2D eigenvalue weighted by Gasteiger charge is 2.24. The molecule has 0 aromatic heterocycles. The molecule has 4 heterocycles. The molecule has 0 amide bonds. The predicted octanol–water partition coefficient (Wildman–Crippen LogP) is 14.3. The molecule has 8 bridgehead atoms. The summed E-state index contributed by atoms with van der Waals surface area (Å²) in [5.74, 6) is 2.39. The lowest BCUT2D eigenvalue weighted by atomic mass is 9.90. The molecule has 4 N–H and O–H groups in total. The van der Waals surface area contributed by atoms with Gasteiger partial charge in [0.15, 0.2) is 27.2 Å². The second kappa shape index (κ2) is 21.7. The van der Waals surface area contributed by atoms with E-state index < -0.39 is 0 Å². The van der Waals surface area contributed by atoms with Crippen molar-refractivity contribution in [2.75, 3.05) is 27.2 Å². The molecule has 20 nitrogen and oxygen atoms in total. The van der Waals surface area contributed by atoms with Crippen LogP contribution in [0, 0.1) is 0 Å². The van der Waals surface area contributed by atoms with Gasteiger partial charge in [-0.1, -0.05) is 0 Å². The average Bonchev–Trinajstić information content (AvgIpc) is 3.51. The van der Waals surface area contributed by atoms with E-state index in [1.807, 2.05) is 48.5 Å². The van der Waals surface area contributed by atoms with E-state index in [4.69, 9.17) is 37.9 Å². The molecule has 0 fully saturated rings. The van der Waals surface area contributed by atoms with Gasteiger partial charge in [-0.15, -0.1) is 0 Å². The summed E-state index contributed by atoms with van der Waals surface area (Å²) in [5, 5.41) is 86.6. The first-order chi connectivity index (χ1) is 39.2. The van der Waals surface area contributed by atoms with Crippen molar-refractivity contribution < 1.29 is 58.3 Å². The molecular weight excluding hydrogens is 1020 g/mol. The minimum atomic E-state index is -0.103. The van der Waals surface area contributed by atoms with Crippen molar-refractivity contribution in [2.24, 2.45) is 40.9 Å². The second-order valence-electron chi connectivity index (χ2n) is 19.6. The molecule has 13 rings (SSSR count). The summed E-state index contributed by atoms with van der Waals surface area (Å²) in [6.07, 6.45) is -0.127. The molecule has 0 spiro atoms. The molecule has 20 heteroatoms. The van der Waals surface area contributed by atoms with Crippen molar-refractivity contribution in [2.45, 2.75) is 52.1 Å². The summed E-state index contributed by atoms with van der Waals surface area (Å²) in [7, 11) is 0. The van der Waals surface area contributed by atoms with E-state index in [-0.39, 0.29) is 75.9 Å². The molecule has 0 radical (unpaired) electrons. The fraction of sp³-hybridized carbons (Fsp3) is 0.200. The third kappa shape index (κ3) is 10.7. The molecule has 400 valence electrons. The van der Waals surface area contributed by atoms with Crippen LogP contribution in [0.3, 0.4) is 0 Å². The van der Waals surface area contributed by atoms with Crippen LogP contribution in [-0.4, -0.2) is 47.6 Å². The lowest BCUT2D eigenvalue weighted by Gasteiger charge is -2.19. The van der Waals surface area contributed by atoms with Crippen LogP contribution < -0.4 is 18.9 Å². The van der Waals surface area contributed by atoms with E-state index in [2.05, 4.69) is 40.9 Å². The van der Waals surface area contributed by atoms with Crippen LogP contribution in [0.2, 0.25) is 0 Å². The van der Waals surface area contributed by atoms with E-state index in [0.29, 0.717) is 139 Å². The first-order valence-corrected chi connectivity index (χ1v) is 25.6. The Morgan fingerprint density at radius 3 is 0.637 bits per heavy atom. The smallest absolute Gasteiger partial charge is 0.189 e. The summed E-state index contributed by atoms with van der Waals surface area (Å²) in [6, 6.07) is 35.3. The summed E-state index contributed by atoms with van der Waals surface area (Å²) in [6.45, 7) is 2.06. The third-order valence-electron chi connectivity index (χ3n) is 14.1. The molecule has 0 saturated carbocycles. The number of azo groups is 4. The molecule has 0 atom stereocenters. The summed E-state index contributed by atoms with van der Waals surface area (Å²) in [4.78, 5) is 0. The lowest BCUT2D eigenvalue weighted by molar-refractivity contribution is -0.0164. The molecule has 5 aliphatic rings. The van der Waals surface area contributed by atoms with Crippen molar-refractivity contribution in [1.82, 2.24) is 0 Å². The molecular formula is C60H48N8O12. The highest BCUT2D eigenvalue weighted by Crippen LogP contribution is 2.44. The maximum Gasteiger partial charge on any atom is 0.189 e. The molecule has 1 aliphatic carbocycles. The SMILES string of the molecule is Oc1c2cc(N=Nc3ccc4c(c3)COCO4)cc1Cc1cc(N=Nc3ccc4c(c3)COCO4)cc(c1O)Cc1cc(N=Nc3ccc4c(c3)COCO4)cc(c1O)Cc1cc(N=Nc3ccc4c(c3)COCO4)cc(c1O)C2. The molecule has 80 heavy (non-hydrogen) atoms. The first-order valence-electron chi connectivity index (χ1n) is 25.6. The lowest BCUT2D eigenvalue weighted by Crippen LogP contribution is -2.10. The minimum absolute atomic E-state index is 0.0316. The number of aromatic hydroxyl groups is 4. The van der Waals surface area contributed by atoms with Crippen LogP contribution in [0.1, 0.15) is 66.8 Å². The number of hydrogen-bond donors (Lipinski definition) is 4. The highest BCUT2D eigenvalue weighted by atomic mass is 16.7. The van der Waals surface area contributed by atoms with E-state index in [0.717, 1.165) is 22.3 Å². The predicted molar refractivity (Wildman–Crippen MR) is 287 cm³/mol. The summed E-state index contributed by atoms with van der Waals surface area (Å²) < 4.78 is 44.5. The quantitative estimate of drug-likeness (QED) is 0.104. The Labute approximate surface area is 456 Å². The van der Waals surface area contributed by atoms with Crippen LogP contribution in [0.5, 0.6) is 46.0 Å². The van der Waals surface area contributed by atoms with Crippen LogP contribution in [0.15, 0.2) is 162 Å². The number of phenolic OH excluding ortho intramolecular Hbond substituents is 4. The first kappa shape index (κ1) is 49.9. The van der Waals surface area contributed by atoms with Gasteiger partial charge in [0, 0.05) is 92.4 Å². The Kier molecular flexibility index (Phi) is 13.5. The normalized spacial score (nSPS) is 15.6. The van der Waals surface area contributed by atoms with E-state index in [1.54, 1.807) is 72.8 Å². The zero-order valence-corrected chi connectivity index (χ0v) is 42.7. The maximum absolute atomic E-state index is 12.4. The number of nitrogens with zero attached hydrogens (tertiary/aromatic N) is 8. The Bertz CT molecular complexity index is 3310. The zero-order valence-electron chi connectivity index (χ0n) is 42.7. The van der Waals surface area contributed by atoms with Crippen LogP contribution in [-0.2, 0) is 71.1 Å². The summed E-state index contributed by atoms with van der Waals surface area (Å²) in [5.41, 5.74) is 10.0. The van der Waals surface area contributed by atoms with Crippen molar-refractivity contribution in [3.63, 3.8) is 0 Å². The number of hydrogen-bond acceptors (Lipinski definition) is 20. The monoisotopic (exact) mass is 1070 g/mol. The van der Waals surface area contributed by atoms with Crippen molar-refractivity contribution >= 4 is 45.5 Å². The van der Waals surface area contributed by atoms with Crippen LogP contribution in [0.4, 0.5) is 45.5 Å². The maximum atomic E-state index is 12.4. The molecule has 0 saturated heterocycles. The number of rotatable bonds is 8. The summed E-state index contributed by atoms with van der Waals surface area (Å²) >= 11 is 0. The molecule has 4 aliphatic heterocycles. The fourth-order valence-corrected chi connectivity index (χ4v) is 10.1. The zero-order chi connectivity index (χ0) is 54.1. The Balaban J connectivity index is 0.955. The van der Waals surface area contributed by atoms with E-state index >= 15 is 0 Å². The van der Waals surface area contributed by atoms with Crippen LogP contribution >= 0.6 is 0 Å². The average molecular weight is 1070 g/mol. The number of benzene rings is 8. The van der Waals surface area contributed by atoms with Gasteiger partial charge in [0.1, 0.15) is 46.0 Å². The van der Waals surface area contributed by atoms with E-state index in [9.17, 15) is 20.4 Å². The van der Waals surface area contributed by atoms with Crippen LogP contribution in [0.25, 0.3) is 0 Å². The Hall–Kier alpha value is -9.60. The molecule has 0 unspecified atom stereocenters. The van der Waals surface area contributed by atoms with E-state index in [1.165, 1.54) is 0 Å². The van der Waals surface area contributed by atoms with Crippen molar-refractivity contribution in [3.8, 4) is 46.0 Å². The van der Waals surface area contributed by atoms with Gasteiger partial charge >= 0.3 is 0 Å². The van der Waals surface area contributed by atoms with Gasteiger partial charge in [0.2, 0.25) is 0 Å². The van der Waals surface area contributed by atoms with Crippen molar-refractivity contribution in [3.05, 3.63) is 188 Å². The van der Waals surface area contributed by atoms with Gasteiger partial charge in [-0.3, -0.25) is 0 Å².